The van der Waals surface area contributed by atoms with Crippen molar-refractivity contribution in [1.82, 2.24) is 9.80 Å². The predicted molar refractivity (Wildman–Crippen MR) is 69.4 cm³/mol. The second kappa shape index (κ2) is 5.16. The van der Waals surface area contributed by atoms with Gasteiger partial charge < -0.3 is 15.0 Å². The monoisotopic (exact) mass is 303 g/mol. The topological polar surface area (TPSA) is 39.1 Å². The largest absolute Gasteiger partial charge is 0.409 e. The van der Waals surface area contributed by atoms with Crippen molar-refractivity contribution >= 4 is 33.1 Å². The molecular formula is C10H14BrN3OS. The van der Waals surface area contributed by atoms with E-state index in [2.05, 4.69) is 37.9 Å². The maximum Gasteiger partial charge on any atom is 0.185 e. The van der Waals surface area contributed by atoms with Gasteiger partial charge in [0.1, 0.15) is 0 Å². The Morgan fingerprint density at radius 1 is 1.38 bits per heavy atom. The quantitative estimate of drug-likeness (QED) is 0.373. The summed E-state index contributed by atoms with van der Waals surface area (Å²) in [5.41, 5.74) is 0. The third kappa shape index (κ3) is 2.56. The maximum atomic E-state index is 9.13. The molecule has 1 N–H and O–H groups in total. The average Bonchev–Trinajstić information content (AvgIpc) is 2.69. The lowest BCUT2D eigenvalue weighted by molar-refractivity contribution is 0.208. The number of thiophene rings is 1. The molecule has 1 fully saturated rings. The van der Waals surface area contributed by atoms with E-state index >= 15 is 0 Å². The van der Waals surface area contributed by atoms with Crippen LogP contribution in [0, 0.1) is 0 Å². The first-order chi connectivity index (χ1) is 7.70. The molecule has 1 aliphatic heterocycles. The summed E-state index contributed by atoms with van der Waals surface area (Å²) >= 11 is 5.00. The summed E-state index contributed by atoms with van der Waals surface area (Å²) < 4.78 is 1.05. The van der Waals surface area contributed by atoms with E-state index in [1.54, 1.807) is 11.3 Å². The number of halogens is 1. The summed E-state index contributed by atoms with van der Waals surface area (Å²) in [6.07, 6.45) is 0. The zero-order chi connectivity index (χ0) is 11.5. The molecule has 0 radical (unpaired) electrons. The SMILES string of the molecule is CN1CCN(C(=NO)c2ccc(Br)s2)CC1. The van der Waals surface area contributed by atoms with Gasteiger partial charge in [0, 0.05) is 26.2 Å². The highest BCUT2D eigenvalue weighted by molar-refractivity contribution is 9.11. The van der Waals surface area contributed by atoms with Gasteiger partial charge in [0.25, 0.3) is 0 Å². The number of piperazine rings is 1. The van der Waals surface area contributed by atoms with Crippen LogP contribution in [0.15, 0.2) is 21.1 Å². The number of rotatable bonds is 1. The van der Waals surface area contributed by atoms with Crippen LogP contribution >= 0.6 is 27.3 Å². The minimum Gasteiger partial charge on any atom is -0.409 e. The molecule has 0 aromatic carbocycles. The highest BCUT2D eigenvalue weighted by Gasteiger charge is 2.20. The lowest BCUT2D eigenvalue weighted by Gasteiger charge is -2.33. The highest BCUT2D eigenvalue weighted by Crippen LogP contribution is 2.24. The first kappa shape index (κ1) is 11.9. The smallest absolute Gasteiger partial charge is 0.185 e. The Morgan fingerprint density at radius 3 is 2.56 bits per heavy atom. The summed E-state index contributed by atoms with van der Waals surface area (Å²) in [6, 6.07) is 3.95. The van der Waals surface area contributed by atoms with Crippen LogP contribution in [0.4, 0.5) is 0 Å². The van der Waals surface area contributed by atoms with E-state index in [4.69, 9.17) is 5.21 Å². The van der Waals surface area contributed by atoms with Gasteiger partial charge in [0.15, 0.2) is 5.84 Å². The molecule has 6 heteroatoms. The summed E-state index contributed by atoms with van der Waals surface area (Å²) in [6.45, 7) is 3.83. The van der Waals surface area contributed by atoms with E-state index in [1.807, 2.05) is 12.1 Å². The zero-order valence-corrected chi connectivity index (χ0v) is 11.5. The molecule has 1 aromatic heterocycles. The van der Waals surface area contributed by atoms with Gasteiger partial charge in [0.2, 0.25) is 0 Å². The van der Waals surface area contributed by atoms with Gasteiger partial charge >= 0.3 is 0 Å². The number of amidine groups is 1. The number of nitrogens with zero attached hydrogens (tertiary/aromatic N) is 3. The van der Waals surface area contributed by atoms with Gasteiger partial charge in [-0.3, -0.25) is 0 Å². The average molecular weight is 304 g/mol. The van der Waals surface area contributed by atoms with Crippen LogP contribution in [-0.2, 0) is 0 Å². The Hall–Kier alpha value is -0.590. The molecule has 0 aliphatic carbocycles. The molecule has 0 bridgehead atoms. The van der Waals surface area contributed by atoms with E-state index in [1.165, 1.54) is 0 Å². The van der Waals surface area contributed by atoms with Crippen LogP contribution in [0.5, 0.6) is 0 Å². The minimum absolute atomic E-state index is 0.684. The number of hydrogen-bond acceptors (Lipinski definition) is 4. The maximum absolute atomic E-state index is 9.13. The van der Waals surface area contributed by atoms with E-state index in [0.717, 1.165) is 34.8 Å². The number of oxime groups is 1. The van der Waals surface area contributed by atoms with Crippen molar-refractivity contribution in [3.63, 3.8) is 0 Å². The van der Waals surface area contributed by atoms with E-state index < -0.39 is 0 Å². The first-order valence-corrected chi connectivity index (χ1v) is 6.73. The Morgan fingerprint density at radius 2 is 2.06 bits per heavy atom. The van der Waals surface area contributed by atoms with Gasteiger partial charge in [0.05, 0.1) is 8.66 Å². The van der Waals surface area contributed by atoms with E-state index in [9.17, 15) is 0 Å². The zero-order valence-electron chi connectivity index (χ0n) is 9.06. The van der Waals surface area contributed by atoms with Crippen molar-refractivity contribution in [2.45, 2.75) is 0 Å². The van der Waals surface area contributed by atoms with Crippen molar-refractivity contribution in [3.8, 4) is 0 Å². The van der Waals surface area contributed by atoms with Gasteiger partial charge in [-0.15, -0.1) is 11.3 Å². The molecule has 1 aliphatic rings. The Kier molecular flexibility index (Phi) is 3.83. The Balaban J connectivity index is 2.12. The molecular weight excluding hydrogens is 290 g/mol. The first-order valence-electron chi connectivity index (χ1n) is 5.12. The molecule has 0 amide bonds. The normalized spacial score (nSPS) is 19.1. The lowest BCUT2D eigenvalue weighted by atomic mass is 10.3. The molecule has 0 spiro atoms. The second-order valence-corrected chi connectivity index (χ2v) is 6.28. The van der Waals surface area contributed by atoms with Crippen molar-refractivity contribution in [1.29, 1.82) is 0 Å². The molecule has 2 rings (SSSR count). The fourth-order valence-electron chi connectivity index (χ4n) is 1.72. The Labute approximate surface area is 107 Å². The fraction of sp³-hybridized carbons (Fsp3) is 0.500. The Bertz CT molecular complexity index is 385. The van der Waals surface area contributed by atoms with Crippen LogP contribution in [0.2, 0.25) is 0 Å². The summed E-state index contributed by atoms with van der Waals surface area (Å²) in [5.74, 6) is 0.684. The third-order valence-corrected chi connectivity index (χ3v) is 4.31. The van der Waals surface area contributed by atoms with Crippen molar-refractivity contribution in [3.05, 3.63) is 20.8 Å². The van der Waals surface area contributed by atoms with E-state index in [-0.39, 0.29) is 0 Å². The fourth-order valence-corrected chi connectivity index (χ4v) is 3.12. The molecule has 2 heterocycles. The molecule has 4 nitrogen and oxygen atoms in total. The van der Waals surface area contributed by atoms with Crippen LogP contribution in [0.3, 0.4) is 0 Å². The molecule has 16 heavy (non-hydrogen) atoms. The number of hydrogen-bond donors (Lipinski definition) is 1. The standard InChI is InChI=1S/C10H14BrN3OS/c1-13-4-6-14(7-5-13)10(12-15)8-2-3-9(11)16-8/h2-3,15H,4-7H2,1H3. The summed E-state index contributed by atoms with van der Waals surface area (Å²) in [4.78, 5) is 5.40. The van der Waals surface area contributed by atoms with Crippen LogP contribution in [0.25, 0.3) is 0 Å². The molecule has 0 saturated carbocycles. The molecule has 0 atom stereocenters. The van der Waals surface area contributed by atoms with Crippen LogP contribution in [0.1, 0.15) is 4.88 Å². The summed E-state index contributed by atoms with van der Waals surface area (Å²) in [5, 5.41) is 12.6. The molecule has 88 valence electrons. The van der Waals surface area contributed by atoms with Crippen molar-refractivity contribution < 1.29 is 5.21 Å². The van der Waals surface area contributed by atoms with Crippen molar-refractivity contribution in [2.75, 3.05) is 33.2 Å². The third-order valence-electron chi connectivity index (χ3n) is 2.69. The van der Waals surface area contributed by atoms with Gasteiger partial charge in [-0.2, -0.15) is 0 Å². The van der Waals surface area contributed by atoms with Crippen molar-refractivity contribution in [2.24, 2.45) is 5.16 Å². The summed E-state index contributed by atoms with van der Waals surface area (Å²) in [7, 11) is 2.11. The predicted octanol–water partition coefficient (Wildman–Crippen LogP) is 1.89. The van der Waals surface area contributed by atoms with Crippen LogP contribution in [-0.4, -0.2) is 54.1 Å². The molecule has 0 unspecified atom stereocenters. The van der Waals surface area contributed by atoms with Crippen LogP contribution < -0.4 is 0 Å². The highest BCUT2D eigenvalue weighted by atomic mass is 79.9. The number of likely N-dealkylation sites (N-methyl/N-ethyl adjacent to an activating group) is 1. The van der Waals surface area contributed by atoms with E-state index in [0.29, 0.717) is 5.84 Å². The van der Waals surface area contributed by atoms with Gasteiger partial charge in [-0.25, -0.2) is 0 Å². The van der Waals surface area contributed by atoms with Gasteiger partial charge in [-0.1, -0.05) is 5.16 Å². The molecule has 1 aromatic rings. The lowest BCUT2D eigenvalue weighted by Crippen LogP contribution is -2.47. The van der Waals surface area contributed by atoms with Gasteiger partial charge in [-0.05, 0) is 35.1 Å². The minimum atomic E-state index is 0.684. The second-order valence-electron chi connectivity index (χ2n) is 3.82. The molecule has 1 saturated heterocycles.